The maximum atomic E-state index is 13.6. The van der Waals surface area contributed by atoms with Crippen molar-refractivity contribution >= 4 is 26.0 Å². The molecule has 10 heteroatoms. The van der Waals surface area contributed by atoms with Crippen molar-refractivity contribution in [3.05, 3.63) is 10.9 Å². The molecular formula is C10H12BrF2N3O3S. The predicted molar refractivity (Wildman–Crippen MR) is 67.9 cm³/mol. The van der Waals surface area contributed by atoms with Crippen LogP contribution in [-0.4, -0.2) is 42.1 Å². The summed E-state index contributed by atoms with van der Waals surface area (Å²) in [6.45, 7) is 1.54. The Hall–Kier alpha value is -0.580. The summed E-state index contributed by atoms with van der Waals surface area (Å²) in [5.41, 5.74) is -3.08. The maximum Gasteiger partial charge on any atom is 0.281 e. The maximum absolute atomic E-state index is 13.6. The smallest absolute Gasteiger partial charge is 0.281 e. The number of aromatic amines is 1. The zero-order chi connectivity index (χ0) is 14.8. The van der Waals surface area contributed by atoms with E-state index in [1.807, 2.05) is 0 Å². The number of alkyl halides is 2. The first kappa shape index (κ1) is 14.4. The van der Waals surface area contributed by atoms with Gasteiger partial charge in [-0.3, -0.25) is 0 Å². The molecule has 2 heterocycles. The number of H-pyrrole nitrogens is 1. The van der Waals surface area contributed by atoms with Crippen LogP contribution in [0, 0.1) is 0 Å². The molecule has 2 N–H and O–H groups in total. The van der Waals surface area contributed by atoms with E-state index in [0.717, 1.165) is 0 Å². The van der Waals surface area contributed by atoms with Crippen LogP contribution in [0.2, 0.25) is 0 Å². The lowest BCUT2D eigenvalue weighted by Crippen LogP contribution is -2.55. The summed E-state index contributed by atoms with van der Waals surface area (Å²) in [5, 5.41) is -0.190. The minimum Gasteiger partial charge on any atom is -0.366 e. The number of ether oxygens (including phenoxy) is 1. The van der Waals surface area contributed by atoms with Gasteiger partial charge in [-0.25, -0.2) is 26.9 Å². The summed E-state index contributed by atoms with van der Waals surface area (Å²) in [6.07, 6.45) is 0.921. The van der Waals surface area contributed by atoms with Crippen LogP contribution in [0.5, 0.6) is 0 Å². The third-order valence-corrected chi connectivity index (χ3v) is 6.40. The fourth-order valence-corrected chi connectivity index (χ4v) is 5.05. The molecule has 112 valence electrons. The molecule has 0 aromatic carbocycles. The Bertz CT molecular complexity index is 660. The van der Waals surface area contributed by atoms with Crippen LogP contribution in [0.1, 0.15) is 19.8 Å². The molecule has 6 nitrogen and oxygen atoms in total. The Labute approximate surface area is 122 Å². The van der Waals surface area contributed by atoms with E-state index >= 15 is 0 Å². The van der Waals surface area contributed by atoms with Gasteiger partial charge < -0.3 is 9.72 Å². The highest BCUT2D eigenvalue weighted by molar-refractivity contribution is 9.10. The minimum absolute atomic E-state index is 0.0960. The minimum atomic E-state index is -4.00. The van der Waals surface area contributed by atoms with Crippen LogP contribution in [0.4, 0.5) is 8.78 Å². The van der Waals surface area contributed by atoms with Gasteiger partial charge in [-0.2, -0.15) is 0 Å². The molecule has 1 aliphatic heterocycles. The lowest BCUT2D eigenvalue weighted by molar-refractivity contribution is -0.0459. The second-order valence-electron chi connectivity index (χ2n) is 5.27. The Morgan fingerprint density at radius 2 is 2.20 bits per heavy atom. The molecule has 1 saturated heterocycles. The van der Waals surface area contributed by atoms with Gasteiger partial charge in [0.2, 0.25) is 0 Å². The SMILES string of the molecule is CC1(NS(=O)(=O)c2[nH]cnc2Br)CCOC12CC2(F)F. The van der Waals surface area contributed by atoms with Gasteiger partial charge in [-0.05, 0) is 29.3 Å². The van der Waals surface area contributed by atoms with Crippen molar-refractivity contribution in [2.75, 3.05) is 6.61 Å². The van der Waals surface area contributed by atoms with Gasteiger partial charge in [0.1, 0.15) is 4.60 Å². The van der Waals surface area contributed by atoms with Gasteiger partial charge in [0.25, 0.3) is 15.9 Å². The first-order valence-corrected chi connectivity index (χ1v) is 8.16. The lowest BCUT2D eigenvalue weighted by atomic mass is 9.92. The standard InChI is InChI=1S/C10H12BrF2N3O3S/c1-8(2-3-19-9(8)4-10(9,12)13)16-20(17,18)7-6(11)14-5-15-7/h5,16H,2-4H2,1H3,(H,14,15). The fraction of sp³-hybridized carbons (Fsp3) is 0.700. The average Bonchev–Trinajstić information content (AvgIpc) is 2.64. The normalized spacial score (nSPS) is 35.6. The van der Waals surface area contributed by atoms with Crippen molar-refractivity contribution in [2.24, 2.45) is 0 Å². The number of sulfonamides is 1. The number of nitrogens with zero attached hydrogens (tertiary/aromatic N) is 1. The number of rotatable bonds is 3. The number of halogens is 3. The van der Waals surface area contributed by atoms with Crippen molar-refractivity contribution in [1.82, 2.24) is 14.7 Å². The molecule has 0 amide bonds. The van der Waals surface area contributed by atoms with Crippen LogP contribution in [0.3, 0.4) is 0 Å². The molecule has 1 aliphatic carbocycles. The molecule has 2 fully saturated rings. The first-order chi connectivity index (χ1) is 9.14. The third-order valence-electron chi connectivity index (χ3n) is 3.97. The van der Waals surface area contributed by atoms with E-state index in [9.17, 15) is 17.2 Å². The molecule has 1 saturated carbocycles. The Morgan fingerprint density at radius 3 is 2.70 bits per heavy atom. The lowest BCUT2D eigenvalue weighted by Gasteiger charge is -2.30. The summed E-state index contributed by atoms with van der Waals surface area (Å²) in [4.78, 5) is 6.19. The van der Waals surface area contributed by atoms with Crippen molar-refractivity contribution < 1.29 is 21.9 Å². The number of nitrogens with one attached hydrogen (secondary N) is 2. The topological polar surface area (TPSA) is 84.1 Å². The van der Waals surface area contributed by atoms with Crippen molar-refractivity contribution in [3.8, 4) is 0 Å². The summed E-state index contributed by atoms with van der Waals surface area (Å²) < 4.78 is 59.4. The zero-order valence-electron chi connectivity index (χ0n) is 10.4. The number of hydrogen-bond acceptors (Lipinski definition) is 4. The monoisotopic (exact) mass is 371 g/mol. The highest BCUT2D eigenvalue weighted by atomic mass is 79.9. The van der Waals surface area contributed by atoms with E-state index in [4.69, 9.17) is 4.74 Å². The number of aromatic nitrogens is 2. The molecule has 0 bridgehead atoms. The van der Waals surface area contributed by atoms with Crippen molar-refractivity contribution in [3.63, 3.8) is 0 Å². The van der Waals surface area contributed by atoms with Crippen LogP contribution in [-0.2, 0) is 14.8 Å². The van der Waals surface area contributed by atoms with E-state index in [1.54, 1.807) is 0 Å². The highest BCUT2D eigenvalue weighted by Gasteiger charge is 2.82. The molecule has 0 radical (unpaired) electrons. The molecule has 1 spiro atoms. The molecule has 1 aromatic rings. The largest absolute Gasteiger partial charge is 0.366 e. The quantitative estimate of drug-likeness (QED) is 0.841. The molecule has 1 aromatic heterocycles. The predicted octanol–water partition coefficient (Wildman–Crippen LogP) is 1.41. The molecule has 2 aliphatic rings. The van der Waals surface area contributed by atoms with Gasteiger partial charge in [0, 0.05) is 6.61 Å². The second-order valence-corrected chi connectivity index (χ2v) is 7.64. The van der Waals surface area contributed by atoms with Crippen molar-refractivity contribution in [2.45, 2.75) is 41.9 Å². The Morgan fingerprint density at radius 1 is 1.55 bits per heavy atom. The van der Waals surface area contributed by atoms with E-state index < -0.39 is 33.5 Å². The summed E-state index contributed by atoms with van der Waals surface area (Å²) in [6, 6.07) is 0. The van der Waals surface area contributed by atoms with E-state index in [2.05, 4.69) is 30.6 Å². The average molecular weight is 372 g/mol. The van der Waals surface area contributed by atoms with Gasteiger partial charge in [-0.1, -0.05) is 0 Å². The fourth-order valence-electron chi connectivity index (χ4n) is 2.75. The Balaban J connectivity index is 1.94. The third kappa shape index (κ3) is 1.78. The van der Waals surface area contributed by atoms with Gasteiger partial charge in [0.05, 0.1) is 18.3 Å². The summed E-state index contributed by atoms with van der Waals surface area (Å²) >= 11 is 2.99. The van der Waals surface area contributed by atoms with Gasteiger partial charge >= 0.3 is 0 Å². The molecule has 2 unspecified atom stereocenters. The molecular weight excluding hydrogens is 360 g/mol. The number of imidazole rings is 1. The summed E-state index contributed by atoms with van der Waals surface area (Å²) in [5.74, 6) is -3.01. The van der Waals surface area contributed by atoms with E-state index in [0.29, 0.717) is 0 Å². The molecule has 3 rings (SSSR count). The van der Waals surface area contributed by atoms with Crippen LogP contribution >= 0.6 is 15.9 Å². The zero-order valence-corrected chi connectivity index (χ0v) is 12.8. The van der Waals surface area contributed by atoms with Crippen LogP contribution < -0.4 is 4.72 Å². The van der Waals surface area contributed by atoms with Gasteiger partial charge in [0.15, 0.2) is 10.6 Å². The molecule has 2 atom stereocenters. The van der Waals surface area contributed by atoms with Crippen LogP contribution in [0.25, 0.3) is 0 Å². The Kier molecular flexibility index (Phi) is 2.87. The van der Waals surface area contributed by atoms with Crippen molar-refractivity contribution in [1.29, 1.82) is 0 Å². The van der Waals surface area contributed by atoms with E-state index in [1.165, 1.54) is 13.3 Å². The van der Waals surface area contributed by atoms with Crippen LogP contribution in [0.15, 0.2) is 16.0 Å². The molecule has 20 heavy (non-hydrogen) atoms. The number of hydrogen-bond donors (Lipinski definition) is 2. The first-order valence-electron chi connectivity index (χ1n) is 5.88. The summed E-state index contributed by atoms with van der Waals surface area (Å²) in [7, 11) is -4.00. The van der Waals surface area contributed by atoms with Gasteiger partial charge in [-0.15, -0.1) is 0 Å². The van der Waals surface area contributed by atoms with E-state index in [-0.39, 0.29) is 22.7 Å². The highest BCUT2D eigenvalue weighted by Crippen LogP contribution is 2.64. The second kappa shape index (κ2) is 3.99.